The molecular weight excluding hydrogens is 270 g/mol. The third-order valence-corrected chi connectivity index (χ3v) is 2.70. The molecule has 6 heteroatoms. The van der Waals surface area contributed by atoms with Crippen LogP contribution in [0.3, 0.4) is 0 Å². The maximum Gasteiger partial charge on any atom is 0.340 e. The van der Waals surface area contributed by atoms with Crippen molar-refractivity contribution in [2.75, 3.05) is 24.2 Å². The van der Waals surface area contributed by atoms with Crippen LogP contribution in [0.25, 0.3) is 0 Å². The number of esters is 1. The van der Waals surface area contributed by atoms with Crippen LogP contribution in [0.5, 0.6) is 0 Å². The van der Waals surface area contributed by atoms with Crippen LogP contribution in [-0.4, -0.2) is 31.1 Å². The number of para-hydroxylation sites is 1. The number of nitrogens with two attached hydrogens (primary N) is 1. The van der Waals surface area contributed by atoms with E-state index >= 15 is 0 Å². The van der Waals surface area contributed by atoms with Gasteiger partial charge in [-0.15, -0.1) is 0 Å². The van der Waals surface area contributed by atoms with E-state index in [1.165, 1.54) is 0 Å². The number of carbonyl (C=O) groups is 2. The number of amides is 1. The molecule has 0 spiro atoms. The zero-order valence-electron chi connectivity index (χ0n) is 12.7. The minimum atomic E-state index is -0.432. The third kappa shape index (κ3) is 5.33. The van der Waals surface area contributed by atoms with Crippen molar-refractivity contribution < 1.29 is 14.3 Å². The van der Waals surface area contributed by atoms with Gasteiger partial charge in [0.25, 0.3) is 0 Å². The van der Waals surface area contributed by atoms with Gasteiger partial charge in [-0.05, 0) is 32.9 Å². The van der Waals surface area contributed by atoms with E-state index in [1.54, 1.807) is 25.1 Å². The van der Waals surface area contributed by atoms with Crippen LogP contribution in [0, 0.1) is 0 Å². The number of carbonyl (C=O) groups excluding carboxylic acids is 2. The Bertz CT molecular complexity index is 501. The molecule has 1 rings (SSSR count). The van der Waals surface area contributed by atoms with Gasteiger partial charge in [0.2, 0.25) is 5.91 Å². The van der Waals surface area contributed by atoms with Gasteiger partial charge in [0.1, 0.15) is 0 Å². The number of benzene rings is 1. The second-order valence-corrected chi connectivity index (χ2v) is 4.89. The number of anilines is 2. The third-order valence-electron chi connectivity index (χ3n) is 2.70. The Morgan fingerprint density at radius 1 is 1.33 bits per heavy atom. The molecule has 116 valence electrons. The second kappa shape index (κ2) is 8.14. The molecule has 0 aromatic heterocycles. The van der Waals surface area contributed by atoms with Gasteiger partial charge in [-0.2, -0.15) is 0 Å². The molecule has 0 atom stereocenters. The molecular formula is C15H23N3O3. The minimum absolute atomic E-state index is 0.0512. The molecule has 1 aromatic rings. The lowest BCUT2D eigenvalue weighted by atomic mass is 10.1. The molecule has 0 aliphatic rings. The highest BCUT2D eigenvalue weighted by atomic mass is 16.5. The normalized spacial score (nSPS) is 10.3. The van der Waals surface area contributed by atoms with Gasteiger partial charge >= 0.3 is 5.97 Å². The molecule has 0 aliphatic carbocycles. The average Bonchev–Trinajstić information content (AvgIpc) is 2.39. The fourth-order valence-electron chi connectivity index (χ4n) is 1.84. The summed E-state index contributed by atoms with van der Waals surface area (Å²) in [6.07, 6.45) is 0.300. The first-order valence-electron chi connectivity index (χ1n) is 7.04. The Morgan fingerprint density at radius 3 is 2.67 bits per heavy atom. The van der Waals surface area contributed by atoms with Crippen molar-refractivity contribution in [3.8, 4) is 0 Å². The van der Waals surface area contributed by atoms with E-state index in [2.05, 4.69) is 10.6 Å². The van der Waals surface area contributed by atoms with Gasteiger partial charge < -0.3 is 21.1 Å². The van der Waals surface area contributed by atoms with Crippen molar-refractivity contribution in [2.45, 2.75) is 33.2 Å². The largest absolute Gasteiger partial charge is 0.462 e. The molecule has 21 heavy (non-hydrogen) atoms. The smallest absolute Gasteiger partial charge is 0.340 e. The first-order valence-corrected chi connectivity index (χ1v) is 7.04. The lowest BCUT2D eigenvalue weighted by Gasteiger charge is -2.14. The summed E-state index contributed by atoms with van der Waals surface area (Å²) in [7, 11) is 0. The van der Waals surface area contributed by atoms with Gasteiger partial charge in [0, 0.05) is 19.0 Å². The van der Waals surface area contributed by atoms with Gasteiger partial charge in [-0.25, -0.2) is 4.79 Å². The topological polar surface area (TPSA) is 93.4 Å². The molecule has 0 radical (unpaired) electrons. The quantitative estimate of drug-likeness (QED) is 0.526. The Balaban J connectivity index is 2.70. The Hall–Kier alpha value is -2.24. The fraction of sp³-hybridized carbons (Fsp3) is 0.467. The number of nitrogen functional groups attached to an aromatic ring is 1. The van der Waals surface area contributed by atoms with E-state index in [4.69, 9.17) is 10.5 Å². The predicted molar refractivity (Wildman–Crippen MR) is 83.2 cm³/mol. The van der Waals surface area contributed by atoms with Crippen LogP contribution in [0.2, 0.25) is 0 Å². The maximum absolute atomic E-state index is 11.9. The summed E-state index contributed by atoms with van der Waals surface area (Å²) in [5.41, 5.74) is 7.21. The molecule has 0 unspecified atom stereocenters. The van der Waals surface area contributed by atoms with Gasteiger partial charge in [0.15, 0.2) is 0 Å². The van der Waals surface area contributed by atoms with Gasteiger partial charge in [0.05, 0.1) is 23.5 Å². The van der Waals surface area contributed by atoms with Crippen molar-refractivity contribution in [3.63, 3.8) is 0 Å². The van der Waals surface area contributed by atoms with E-state index in [0.717, 1.165) is 0 Å². The molecule has 1 amide bonds. The van der Waals surface area contributed by atoms with E-state index in [9.17, 15) is 9.59 Å². The molecule has 0 bridgehead atoms. The molecule has 0 saturated heterocycles. The lowest BCUT2D eigenvalue weighted by molar-refractivity contribution is -0.121. The standard InChI is InChI=1S/C15H23N3O3/c1-4-21-15(20)11-6-5-7-12(16)14(11)17-9-8-13(19)18-10(2)3/h5-7,10,17H,4,8-9,16H2,1-3H3,(H,18,19). The van der Waals surface area contributed by atoms with Crippen molar-refractivity contribution in [2.24, 2.45) is 0 Å². The van der Waals surface area contributed by atoms with Crippen LogP contribution in [0.1, 0.15) is 37.6 Å². The molecule has 4 N–H and O–H groups in total. The van der Waals surface area contributed by atoms with E-state index in [1.807, 2.05) is 13.8 Å². The number of hydrogen-bond donors (Lipinski definition) is 3. The van der Waals surface area contributed by atoms with E-state index < -0.39 is 5.97 Å². The number of ether oxygens (including phenoxy) is 1. The maximum atomic E-state index is 11.9. The summed E-state index contributed by atoms with van der Waals surface area (Å²) >= 11 is 0. The molecule has 0 heterocycles. The molecule has 1 aromatic carbocycles. The number of nitrogens with one attached hydrogen (secondary N) is 2. The summed E-state index contributed by atoms with van der Waals surface area (Å²) in [5.74, 6) is -0.483. The molecule has 0 fully saturated rings. The fourth-order valence-corrected chi connectivity index (χ4v) is 1.84. The summed E-state index contributed by atoms with van der Waals surface area (Å²) < 4.78 is 4.99. The van der Waals surface area contributed by atoms with Gasteiger partial charge in [-0.1, -0.05) is 6.07 Å². The van der Waals surface area contributed by atoms with Crippen molar-refractivity contribution in [3.05, 3.63) is 23.8 Å². The van der Waals surface area contributed by atoms with Crippen molar-refractivity contribution >= 4 is 23.3 Å². The number of hydrogen-bond acceptors (Lipinski definition) is 5. The second-order valence-electron chi connectivity index (χ2n) is 4.89. The summed E-state index contributed by atoms with van der Waals surface area (Å²) in [4.78, 5) is 23.4. The van der Waals surface area contributed by atoms with Gasteiger partial charge in [-0.3, -0.25) is 4.79 Å². The van der Waals surface area contributed by atoms with Crippen LogP contribution < -0.4 is 16.4 Å². The molecule has 6 nitrogen and oxygen atoms in total. The van der Waals surface area contributed by atoms with Crippen molar-refractivity contribution in [1.29, 1.82) is 0 Å². The average molecular weight is 293 g/mol. The Kier molecular flexibility index (Phi) is 6.52. The molecule has 0 saturated carbocycles. The number of rotatable bonds is 7. The van der Waals surface area contributed by atoms with Crippen molar-refractivity contribution in [1.82, 2.24) is 5.32 Å². The Morgan fingerprint density at radius 2 is 2.05 bits per heavy atom. The van der Waals surface area contributed by atoms with E-state index in [0.29, 0.717) is 36.5 Å². The zero-order chi connectivity index (χ0) is 15.8. The summed E-state index contributed by atoms with van der Waals surface area (Å²) in [6, 6.07) is 5.14. The Labute approximate surface area is 125 Å². The first-order chi connectivity index (χ1) is 9.95. The highest BCUT2D eigenvalue weighted by Gasteiger charge is 2.14. The van der Waals surface area contributed by atoms with E-state index in [-0.39, 0.29) is 11.9 Å². The first kappa shape index (κ1) is 16.8. The van der Waals surface area contributed by atoms with Crippen LogP contribution in [-0.2, 0) is 9.53 Å². The highest BCUT2D eigenvalue weighted by Crippen LogP contribution is 2.24. The summed E-state index contributed by atoms with van der Waals surface area (Å²) in [6.45, 7) is 6.23. The molecule has 0 aliphatic heterocycles. The monoisotopic (exact) mass is 293 g/mol. The highest BCUT2D eigenvalue weighted by molar-refractivity contribution is 5.98. The summed E-state index contributed by atoms with van der Waals surface area (Å²) in [5, 5.41) is 5.84. The van der Waals surface area contributed by atoms with Crippen LogP contribution in [0.4, 0.5) is 11.4 Å². The lowest BCUT2D eigenvalue weighted by Crippen LogP contribution is -2.31. The zero-order valence-corrected chi connectivity index (χ0v) is 12.7. The van der Waals surface area contributed by atoms with Crippen LogP contribution >= 0.6 is 0 Å². The van der Waals surface area contributed by atoms with Crippen LogP contribution in [0.15, 0.2) is 18.2 Å². The minimum Gasteiger partial charge on any atom is -0.462 e. The SMILES string of the molecule is CCOC(=O)c1cccc(N)c1NCCC(=O)NC(C)C. The predicted octanol–water partition coefficient (Wildman–Crippen LogP) is 1.77.